The van der Waals surface area contributed by atoms with Gasteiger partial charge >= 0.3 is 12.3 Å². The third-order valence-electron chi connectivity index (χ3n) is 2.87. The van der Waals surface area contributed by atoms with E-state index in [0.717, 1.165) is 12.1 Å². The third-order valence-corrected chi connectivity index (χ3v) is 2.87. The van der Waals surface area contributed by atoms with E-state index in [1.807, 2.05) is 0 Å². The highest BCUT2D eigenvalue weighted by Gasteiger charge is 2.31. The Bertz CT molecular complexity index is 480. The number of aliphatic hydroxyl groups is 1. The quantitative estimate of drug-likeness (QED) is 0.844. The highest BCUT2D eigenvalue weighted by Crippen LogP contribution is 2.33. The summed E-state index contributed by atoms with van der Waals surface area (Å²) < 4.78 is 39.8. The number of hydrogen-bond donors (Lipinski definition) is 2. The molecule has 0 spiro atoms. The van der Waals surface area contributed by atoms with Gasteiger partial charge in [-0.2, -0.15) is 0 Å². The second-order valence-electron chi connectivity index (χ2n) is 5.57. The van der Waals surface area contributed by atoms with Crippen LogP contribution in [-0.2, 0) is 4.79 Å². The van der Waals surface area contributed by atoms with Crippen LogP contribution in [0.1, 0.15) is 38.4 Å². The SMILES string of the molecule is CC(C)(CC(=O)O)CC(O)c1ccc(OC(F)(F)F)cc1. The summed E-state index contributed by atoms with van der Waals surface area (Å²) in [5.74, 6) is -1.34. The molecule has 21 heavy (non-hydrogen) atoms. The maximum atomic E-state index is 12.0. The zero-order valence-corrected chi connectivity index (χ0v) is 11.6. The van der Waals surface area contributed by atoms with Gasteiger partial charge in [0.1, 0.15) is 5.75 Å². The average Bonchev–Trinajstić information content (AvgIpc) is 2.24. The molecule has 1 rings (SSSR count). The molecule has 2 N–H and O–H groups in total. The standard InChI is InChI=1S/C14H17F3O4/c1-13(2,8-12(19)20)7-11(18)9-3-5-10(6-4-9)21-14(15,16)17/h3-6,11,18H,7-8H2,1-2H3,(H,19,20). The number of halogens is 3. The summed E-state index contributed by atoms with van der Waals surface area (Å²) in [4.78, 5) is 10.7. The van der Waals surface area contributed by atoms with Crippen LogP contribution in [0.4, 0.5) is 13.2 Å². The lowest BCUT2D eigenvalue weighted by atomic mass is 9.82. The lowest BCUT2D eigenvalue weighted by Gasteiger charge is -2.25. The van der Waals surface area contributed by atoms with E-state index in [1.165, 1.54) is 12.1 Å². The minimum absolute atomic E-state index is 0.112. The topological polar surface area (TPSA) is 66.8 Å². The molecule has 1 aromatic rings. The van der Waals surface area contributed by atoms with Crippen LogP contribution in [0.25, 0.3) is 0 Å². The van der Waals surface area contributed by atoms with E-state index < -0.39 is 23.9 Å². The van der Waals surface area contributed by atoms with Crippen molar-refractivity contribution < 1.29 is 32.9 Å². The van der Waals surface area contributed by atoms with E-state index in [2.05, 4.69) is 4.74 Å². The molecule has 0 heterocycles. The molecule has 0 aliphatic rings. The lowest BCUT2D eigenvalue weighted by molar-refractivity contribution is -0.274. The summed E-state index contributed by atoms with van der Waals surface area (Å²) in [5, 5.41) is 18.8. The van der Waals surface area contributed by atoms with Gasteiger partial charge in [0, 0.05) is 0 Å². The summed E-state index contributed by atoms with van der Waals surface area (Å²) in [6.07, 6.45) is -5.65. The second kappa shape index (κ2) is 6.34. The maximum Gasteiger partial charge on any atom is 0.573 e. The average molecular weight is 306 g/mol. The van der Waals surface area contributed by atoms with Gasteiger partial charge in [0.2, 0.25) is 0 Å². The summed E-state index contributed by atoms with van der Waals surface area (Å²) >= 11 is 0. The maximum absolute atomic E-state index is 12.0. The van der Waals surface area contributed by atoms with E-state index in [4.69, 9.17) is 5.11 Å². The Morgan fingerprint density at radius 1 is 1.24 bits per heavy atom. The second-order valence-corrected chi connectivity index (χ2v) is 5.57. The van der Waals surface area contributed by atoms with Crippen LogP contribution in [0.5, 0.6) is 5.75 Å². The summed E-state index contributed by atoms with van der Waals surface area (Å²) in [7, 11) is 0. The van der Waals surface area contributed by atoms with Gasteiger partial charge in [0.05, 0.1) is 12.5 Å². The number of rotatable bonds is 6. The molecule has 7 heteroatoms. The first-order valence-electron chi connectivity index (χ1n) is 6.24. The van der Waals surface area contributed by atoms with Gasteiger partial charge in [0.15, 0.2) is 0 Å². The van der Waals surface area contributed by atoms with E-state index in [9.17, 15) is 23.1 Å². The normalized spacial score (nSPS) is 13.8. The van der Waals surface area contributed by atoms with Crippen molar-refractivity contribution >= 4 is 5.97 Å². The molecule has 1 unspecified atom stereocenters. The molecule has 0 aliphatic carbocycles. The number of alkyl halides is 3. The zero-order valence-electron chi connectivity index (χ0n) is 11.6. The molecule has 0 radical (unpaired) electrons. The predicted molar refractivity (Wildman–Crippen MR) is 68.7 cm³/mol. The molecular formula is C14H17F3O4. The number of hydrogen-bond acceptors (Lipinski definition) is 3. The van der Waals surface area contributed by atoms with Crippen molar-refractivity contribution in [3.63, 3.8) is 0 Å². The lowest BCUT2D eigenvalue weighted by Crippen LogP contribution is -2.20. The van der Waals surface area contributed by atoms with Crippen LogP contribution in [0.15, 0.2) is 24.3 Å². The Balaban J connectivity index is 2.71. The number of carbonyl (C=O) groups is 1. The summed E-state index contributed by atoms with van der Waals surface area (Å²) in [5.41, 5.74) is -0.227. The molecule has 0 amide bonds. The van der Waals surface area contributed by atoms with Gasteiger partial charge in [-0.1, -0.05) is 26.0 Å². The van der Waals surface area contributed by atoms with Crippen LogP contribution in [0.2, 0.25) is 0 Å². The number of ether oxygens (including phenoxy) is 1. The Labute approximate surface area is 120 Å². The van der Waals surface area contributed by atoms with Crippen LogP contribution >= 0.6 is 0 Å². The van der Waals surface area contributed by atoms with Gasteiger partial charge in [-0.25, -0.2) is 0 Å². The van der Waals surface area contributed by atoms with E-state index in [-0.39, 0.29) is 18.6 Å². The molecule has 0 saturated carbocycles. The monoisotopic (exact) mass is 306 g/mol. The molecule has 0 aromatic heterocycles. The first kappa shape index (κ1) is 17.3. The minimum atomic E-state index is -4.76. The van der Waals surface area contributed by atoms with Gasteiger partial charge < -0.3 is 14.9 Å². The van der Waals surface area contributed by atoms with Crippen molar-refractivity contribution in [1.82, 2.24) is 0 Å². The molecule has 4 nitrogen and oxygen atoms in total. The van der Waals surface area contributed by atoms with Crippen molar-refractivity contribution in [2.24, 2.45) is 5.41 Å². The minimum Gasteiger partial charge on any atom is -0.481 e. The Morgan fingerprint density at radius 3 is 2.19 bits per heavy atom. The smallest absolute Gasteiger partial charge is 0.481 e. The molecule has 0 bridgehead atoms. The number of aliphatic hydroxyl groups excluding tert-OH is 1. The van der Waals surface area contributed by atoms with Crippen LogP contribution in [0, 0.1) is 5.41 Å². The molecule has 0 fully saturated rings. The zero-order chi connectivity index (χ0) is 16.3. The molecule has 0 saturated heterocycles. The highest BCUT2D eigenvalue weighted by atomic mass is 19.4. The van der Waals surface area contributed by atoms with Crippen LogP contribution < -0.4 is 4.74 Å². The first-order chi connectivity index (χ1) is 9.48. The van der Waals surface area contributed by atoms with E-state index in [0.29, 0.717) is 5.56 Å². The van der Waals surface area contributed by atoms with E-state index in [1.54, 1.807) is 13.8 Å². The summed E-state index contributed by atoms with van der Waals surface area (Å²) in [6.45, 7) is 3.40. The Kier molecular flexibility index (Phi) is 5.22. The van der Waals surface area contributed by atoms with Crippen molar-refractivity contribution in [3.8, 4) is 5.75 Å². The number of aliphatic carboxylic acids is 1. The van der Waals surface area contributed by atoms with Gasteiger partial charge in [0.25, 0.3) is 0 Å². The number of benzene rings is 1. The predicted octanol–water partition coefficient (Wildman–Crippen LogP) is 3.51. The van der Waals surface area contributed by atoms with E-state index >= 15 is 0 Å². The molecule has 1 aromatic carbocycles. The van der Waals surface area contributed by atoms with Crippen LogP contribution in [0.3, 0.4) is 0 Å². The van der Waals surface area contributed by atoms with Crippen molar-refractivity contribution in [2.45, 2.75) is 39.2 Å². The molecule has 1 atom stereocenters. The fraction of sp³-hybridized carbons (Fsp3) is 0.500. The molecule has 118 valence electrons. The largest absolute Gasteiger partial charge is 0.573 e. The van der Waals surface area contributed by atoms with Crippen molar-refractivity contribution in [1.29, 1.82) is 0 Å². The van der Waals surface area contributed by atoms with Gasteiger partial charge in [-0.15, -0.1) is 13.2 Å². The summed E-state index contributed by atoms with van der Waals surface area (Å²) in [6, 6.07) is 4.86. The van der Waals surface area contributed by atoms with Crippen LogP contribution in [-0.4, -0.2) is 22.5 Å². The molecule has 0 aliphatic heterocycles. The molecular weight excluding hydrogens is 289 g/mol. The number of carboxylic acid groups (broad SMARTS) is 1. The fourth-order valence-electron chi connectivity index (χ4n) is 2.01. The third kappa shape index (κ3) is 6.48. The van der Waals surface area contributed by atoms with Crippen molar-refractivity contribution in [2.75, 3.05) is 0 Å². The Morgan fingerprint density at radius 2 is 1.76 bits per heavy atom. The van der Waals surface area contributed by atoms with Crippen molar-refractivity contribution in [3.05, 3.63) is 29.8 Å². The first-order valence-corrected chi connectivity index (χ1v) is 6.24. The fourth-order valence-corrected chi connectivity index (χ4v) is 2.01. The number of carboxylic acids is 1. The van der Waals surface area contributed by atoms with Gasteiger partial charge in [-0.3, -0.25) is 4.79 Å². The van der Waals surface area contributed by atoms with Gasteiger partial charge in [-0.05, 0) is 29.5 Å². The highest BCUT2D eigenvalue weighted by molar-refractivity contribution is 5.67. The Hall–Kier alpha value is -1.76.